The topological polar surface area (TPSA) is 40.5 Å². The zero-order valence-corrected chi connectivity index (χ0v) is 11.5. The molecule has 0 saturated carbocycles. The molecule has 1 aliphatic rings. The molecule has 3 nitrogen and oxygen atoms in total. The van der Waals surface area contributed by atoms with E-state index in [4.69, 9.17) is 11.6 Å². The molecule has 98 valence electrons. The number of rotatable bonds is 1. The zero-order valence-electron chi connectivity index (χ0n) is 10.7. The number of benzene rings is 1. The fourth-order valence-electron chi connectivity index (χ4n) is 2.23. The minimum Gasteiger partial charge on any atom is -0.390 e. The molecule has 0 bridgehead atoms. The predicted molar refractivity (Wildman–Crippen MR) is 72.0 cm³/mol. The Labute approximate surface area is 112 Å². The maximum Gasteiger partial charge on any atom is 0.254 e. The molecule has 2 rings (SSSR count). The van der Waals surface area contributed by atoms with E-state index >= 15 is 0 Å². The lowest BCUT2D eigenvalue weighted by Crippen LogP contribution is -2.45. The summed E-state index contributed by atoms with van der Waals surface area (Å²) in [6.45, 7) is 4.92. The lowest BCUT2D eigenvalue weighted by atomic mass is 9.93. The molecule has 1 saturated heterocycles. The molecule has 1 heterocycles. The normalized spacial score (nSPS) is 18.8. The SMILES string of the molecule is Cc1cc(Cl)ccc1C(=O)N1CCC(C)(O)CC1. The molecule has 1 N–H and O–H groups in total. The molecule has 1 amide bonds. The summed E-state index contributed by atoms with van der Waals surface area (Å²) in [4.78, 5) is 14.1. The molecule has 0 aliphatic carbocycles. The molecule has 18 heavy (non-hydrogen) atoms. The van der Waals surface area contributed by atoms with Crippen LogP contribution in [-0.2, 0) is 0 Å². The molecular weight excluding hydrogens is 250 g/mol. The number of amides is 1. The molecule has 0 unspecified atom stereocenters. The Balaban J connectivity index is 2.13. The van der Waals surface area contributed by atoms with Crippen LogP contribution in [0, 0.1) is 6.92 Å². The third-order valence-electron chi connectivity index (χ3n) is 3.55. The molecule has 4 heteroatoms. The van der Waals surface area contributed by atoms with Gasteiger partial charge in [-0.25, -0.2) is 0 Å². The van der Waals surface area contributed by atoms with Crippen LogP contribution in [0.25, 0.3) is 0 Å². The summed E-state index contributed by atoms with van der Waals surface area (Å²) in [7, 11) is 0. The van der Waals surface area contributed by atoms with Gasteiger partial charge in [0.25, 0.3) is 5.91 Å². The first kappa shape index (κ1) is 13.4. The van der Waals surface area contributed by atoms with Crippen molar-refractivity contribution in [3.05, 3.63) is 34.3 Å². The Kier molecular flexibility index (Phi) is 3.64. The number of carbonyl (C=O) groups is 1. The highest BCUT2D eigenvalue weighted by Gasteiger charge is 2.30. The van der Waals surface area contributed by atoms with Gasteiger partial charge in [0, 0.05) is 23.7 Å². The molecule has 1 aromatic carbocycles. The van der Waals surface area contributed by atoms with Gasteiger partial charge in [0.2, 0.25) is 0 Å². The number of nitrogens with zero attached hydrogens (tertiary/aromatic N) is 1. The summed E-state index contributed by atoms with van der Waals surface area (Å²) in [6.07, 6.45) is 1.26. The standard InChI is InChI=1S/C14H18ClNO2/c1-10-9-11(15)3-4-12(10)13(17)16-7-5-14(2,18)6-8-16/h3-4,9,18H,5-8H2,1-2H3. The Bertz CT molecular complexity index is 461. The highest BCUT2D eigenvalue weighted by atomic mass is 35.5. The monoisotopic (exact) mass is 267 g/mol. The zero-order chi connectivity index (χ0) is 13.3. The van der Waals surface area contributed by atoms with Crippen LogP contribution in [-0.4, -0.2) is 34.6 Å². The summed E-state index contributed by atoms with van der Waals surface area (Å²) in [5.41, 5.74) is 0.956. The van der Waals surface area contributed by atoms with E-state index in [0.29, 0.717) is 36.5 Å². The van der Waals surface area contributed by atoms with Crippen molar-refractivity contribution in [1.82, 2.24) is 4.90 Å². The van der Waals surface area contributed by atoms with E-state index in [0.717, 1.165) is 5.56 Å². The molecule has 1 aliphatic heterocycles. The first-order valence-electron chi connectivity index (χ1n) is 6.17. The average molecular weight is 268 g/mol. The van der Waals surface area contributed by atoms with E-state index in [9.17, 15) is 9.90 Å². The number of carbonyl (C=O) groups excluding carboxylic acids is 1. The van der Waals surface area contributed by atoms with Crippen LogP contribution in [0.4, 0.5) is 0 Å². The lowest BCUT2D eigenvalue weighted by Gasteiger charge is -2.36. The molecule has 0 radical (unpaired) electrons. The predicted octanol–water partition coefficient (Wildman–Crippen LogP) is 2.64. The van der Waals surface area contributed by atoms with Crippen molar-refractivity contribution in [2.45, 2.75) is 32.3 Å². The van der Waals surface area contributed by atoms with Crippen LogP contribution in [0.5, 0.6) is 0 Å². The highest BCUT2D eigenvalue weighted by molar-refractivity contribution is 6.30. The Hall–Kier alpha value is -1.06. The summed E-state index contributed by atoms with van der Waals surface area (Å²) >= 11 is 5.89. The van der Waals surface area contributed by atoms with Crippen molar-refractivity contribution in [2.24, 2.45) is 0 Å². The minimum absolute atomic E-state index is 0.0275. The minimum atomic E-state index is -0.633. The van der Waals surface area contributed by atoms with Gasteiger partial charge in [-0.3, -0.25) is 4.79 Å². The van der Waals surface area contributed by atoms with E-state index in [1.807, 2.05) is 13.8 Å². The summed E-state index contributed by atoms with van der Waals surface area (Å²) in [5, 5.41) is 10.5. The summed E-state index contributed by atoms with van der Waals surface area (Å²) in [6, 6.07) is 5.31. The van der Waals surface area contributed by atoms with Gasteiger partial charge in [-0.05, 0) is 50.5 Å². The van der Waals surface area contributed by atoms with Crippen LogP contribution in [0.15, 0.2) is 18.2 Å². The molecule has 1 aromatic rings. The highest BCUT2D eigenvalue weighted by Crippen LogP contribution is 2.24. The Morgan fingerprint density at radius 1 is 1.39 bits per heavy atom. The van der Waals surface area contributed by atoms with E-state index in [1.54, 1.807) is 23.1 Å². The Morgan fingerprint density at radius 2 is 2.00 bits per heavy atom. The quantitative estimate of drug-likeness (QED) is 0.850. The van der Waals surface area contributed by atoms with Crippen molar-refractivity contribution in [2.75, 3.05) is 13.1 Å². The number of hydrogen-bond donors (Lipinski definition) is 1. The molecule has 0 aromatic heterocycles. The maximum atomic E-state index is 12.3. The van der Waals surface area contributed by atoms with Gasteiger partial charge in [0.1, 0.15) is 0 Å². The van der Waals surface area contributed by atoms with Gasteiger partial charge in [0.15, 0.2) is 0 Å². The molecular formula is C14H18ClNO2. The van der Waals surface area contributed by atoms with Gasteiger partial charge in [0.05, 0.1) is 5.60 Å². The lowest BCUT2D eigenvalue weighted by molar-refractivity contribution is -0.00203. The van der Waals surface area contributed by atoms with E-state index in [-0.39, 0.29) is 5.91 Å². The van der Waals surface area contributed by atoms with Crippen molar-refractivity contribution in [3.63, 3.8) is 0 Å². The average Bonchev–Trinajstić information content (AvgIpc) is 2.28. The fraction of sp³-hybridized carbons (Fsp3) is 0.500. The van der Waals surface area contributed by atoms with Gasteiger partial charge < -0.3 is 10.0 Å². The second kappa shape index (κ2) is 4.90. The Morgan fingerprint density at radius 3 is 2.56 bits per heavy atom. The first-order valence-corrected chi connectivity index (χ1v) is 6.55. The first-order chi connectivity index (χ1) is 8.39. The number of likely N-dealkylation sites (tertiary alicyclic amines) is 1. The van der Waals surface area contributed by atoms with Crippen LogP contribution in [0.3, 0.4) is 0 Å². The molecule has 1 fully saturated rings. The van der Waals surface area contributed by atoms with Crippen molar-refractivity contribution >= 4 is 17.5 Å². The van der Waals surface area contributed by atoms with Gasteiger partial charge >= 0.3 is 0 Å². The smallest absolute Gasteiger partial charge is 0.254 e. The number of piperidine rings is 1. The van der Waals surface area contributed by atoms with Crippen molar-refractivity contribution in [1.29, 1.82) is 0 Å². The summed E-state index contributed by atoms with van der Waals surface area (Å²) < 4.78 is 0. The third kappa shape index (κ3) is 2.85. The van der Waals surface area contributed by atoms with Crippen LogP contribution in [0.2, 0.25) is 5.02 Å². The molecule has 0 spiro atoms. The second-order valence-electron chi connectivity index (χ2n) is 5.25. The summed E-state index contributed by atoms with van der Waals surface area (Å²) in [5.74, 6) is 0.0275. The van der Waals surface area contributed by atoms with Gasteiger partial charge in [-0.15, -0.1) is 0 Å². The number of aliphatic hydroxyl groups is 1. The maximum absolute atomic E-state index is 12.3. The van der Waals surface area contributed by atoms with E-state index in [2.05, 4.69) is 0 Å². The van der Waals surface area contributed by atoms with Crippen molar-refractivity contribution in [3.8, 4) is 0 Å². The van der Waals surface area contributed by atoms with Crippen LogP contribution < -0.4 is 0 Å². The second-order valence-corrected chi connectivity index (χ2v) is 5.68. The number of halogens is 1. The van der Waals surface area contributed by atoms with E-state index in [1.165, 1.54) is 0 Å². The van der Waals surface area contributed by atoms with Crippen molar-refractivity contribution < 1.29 is 9.90 Å². The number of aryl methyl sites for hydroxylation is 1. The van der Waals surface area contributed by atoms with E-state index < -0.39 is 5.60 Å². The fourth-order valence-corrected chi connectivity index (χ4v) is 2.46. The number of hydrogen-bond acceptors (Lipinski definition) is 2. The van der Waals surface area contributed by atoms with Crippen LogP contribution >= 0.6 is 11.6 Å². The van der Waals surface area contributed by atoms with Crippen LogP contribution in [0.1, 0.15) is 35.7 Å². The third-order valence-corrected chi connectivity index (χ3v) is 3.78. The van der Waals surface area contributed by atoms with Gasteiger partial charge in [-0.2, -0.15) is 0 Å². The van der Waals surface area contributed by atoms with Gasteiger partial charge in [-0.1, -0.05) is 11.6 Å². The molecule has 0 atom stereocenters. The largest absolute Gasteiger partial charge is 0.390 e.